The van der Waals surface area contributed by atoms with Crippen LogP contribution >= 0.6 is 0 Å². The van der Waals surface area contributed by atoms with E-state index in [2.05, 4.69) is 0 Å². The van der Waals surface area contributed by atoms with Crippen molar-refractivity contribution in [3.8, 4) is 17.2 Å². The minimum absolute atomic E-state index is 0.135. The van der Waals surface area contributed by atoms with E-state index >= 15 is 0 Å². The minimum atomic E-state index is -1.71. The molecule has 10 nitrogen and oxygen atoms in total. The topological polar surface area (TPSA) is 155 Å². The fraction of sp³-hybridized carbons (Fsp3) is 0.471. The molecule has 0 radical (unpaired) electrons. The van der Waals surface area contributed by atoms with Crippen LogP contribution in [0.4, 0.5) is 0 Å². The SMILES string of the molecule is COc1cc(/C=C/C(=O)O[C@H]2[C@H](O)[C@@H](O)C(O)O[C@@H]2CO)cc(OC)c1O. The fourth-order valence-electron chi connectivity index (χ4n) is 2.56. The number of carbonyl (C=O) groups excluding carboxylic acids is 1. The number of esters is 1. The minimum Gasteiger partial charge on any atom is -0.502 e. The van der Waals surface area contributed by atoms with Crippen LogP contribution in [0, 0.1) is 0 Å². The summed E-state index contributed by atoms with van der Waals surface area (Å²) in [4.78, 5) is 12.0. The highest BCUT2D eigenvalue weighted by Crippen LogP contribution is 2.37. The van der Waals surface area contributed by atoms with Gasteiger partial charge < -0.3 is 44.5 Å². The number of rotatable bonds is 6. The van der Waals surface area contributed by atoms with Gasteiger partial charge in [0, 0.05) is 6.08 Å². The van der Waals surface area contributed by atoms with Gasteiger partial charge in [-0.2, -0.15) is 0 Å². The van der Waals surface area contributed by atoms with E-state index in [1.54, 1.807) is 0 Å². The van der Waals surface area contributed by atoms with E-state index in [1.165, 1.54) is 32.4 Å². The molecular formula is C17H22O10. The van der Waals surface area contributed by atoms with Gasteiger partial charge in [0.05, 0.1) is 20.8 Å². The van der Waals surface area contributed by atoms with Gasteiger partial charge in [0.25, 0.3) is 0 Å². The van der Waals surface area contributed by atoms with Crippen LogP contribution in [0.1, 0.15) is 5.56 Å². The smallest absolute Gasteiger partial charge is 0.331 e. The quantitative estimate of drug-likeness (QED) is 0.296. The van der Waals surface area contributed by atoms with Gasteiger partial charge in [0.1, 0.15) is 18.3 Å². The first-order valence-electron chi connectivity index (χ1n) is 7.96. The number of aliphatic hydroxyl groups is 4. The predicted molar refractivity (Wildman–Crippen MR) is 90.1 cm³/mol. The summed E-state index contributed by atoms with van der Waals surface area (Å²) in [6.07, 6.45) is -5.25. The summed E-state index contributed by atoms with van der Waals surface area (Å²) in [5, 5.41) is 48.1. The molecule has 1 unspecified atom stereocenters. The third-order valence-corrected chi connectivity index (χ3v) is 4.01. The highest BCUT2D eigenvalue weighted by atomic mass is 16.7. The van der Waals surface area contributed by atoms with Crippen LogP contribution in [0.2, 0.25) is 0 Å². The number of hydrogen-bond acceptors (Lipinski definition) is 10. The lowest BCUT2D eigenvalue weighted by Gasteiger charge is -2.39. The first-order valence-corrected chi connectivity index (χ1v) is 7.96. The number of phenolic OH excluding ortho intramolecular Hbond substituents is 1. The molecule has 5 atom stereocenters. The molecule has 0 bridgehead atoms. The molecule has 150 valence electrons. The Morgan fingerprint density at radius 1 is 1.15 bits per heavy atom. The molecule has 0 spiro atoms. The summed E-state index contributed by atoms with van der Waals surface area (Å²) >= 11 is 0. The highest BCUT2D eigenvalue weighted by Gasteiger charge is 2.45. The molecule has 2 rings (SSSR count). The van der Waals surface area contributed by atoms with E-state index in [1.807, 2.05) is 0 Å². The number of benzene rings is 1. The fourth-order valence-corrected chi connectivity index (χ4v) is 2.56. The highest BCUT2D eigenvalue weighted by molar-refractivity contribution is 5.87. The van der Waals surface area contributed by atoms with Crippen molar-refractivity contribution in [1.82, 2.24) is 0 Å². The summed E-state index contributed by atoms with van der Waals surface area (Å²) in [6, 6.07) is 2.91. The van der Waals surface area contributed by atoms with Crippen LogP contribution < -0.4 is 9.47 Å². The van der Waals surface area contributed by atoms with E-state index in [9.17, 15) is 30.3 Å². The molecule has 0 aliphatic carbocycles. The zero-order valence-corrected chi connectivity index (χ0v) is 14.7. The molecule has 5 N–H and O–H groups in total. The lowest BCUT2D eigenvalue weighted by molar-refractivity contribution is -0.289. The van der Waals surface area contributed by atoms with Crippen molar-refractivity contribution in [2.24, 2.45) is 0 Å². The Labute approximate surface area is 154 Å². The van der Waals surface area contributed by atoms with E-state index in [4.69, 9.17) is 18.9 Å². The van der Waals surface area contributed by atoms with E-state index in [-0.39, 0.29) is 17.2 Å². The molecule has 0 amide bonds. The zero-order chi connectivity index (χ0) is 20.1. The number of methoxy groups -OCH3 is 2. The van der Waals surface area contributed by atoms with Crippen molar-refractivity contribution >= 4 is 12.0 Å². The van der Waals surface area contributed by atoms with E-state index < -0.39 is 43.3 Å². The van der Waals surface area contributed by atoms with Crippen LogP contribution in [0.3, 0.4) is 0 Å². The van der Waals surface area contributed by atoms with Gasteiger partial charge in [-0.25, -0.2) is 4.79 Å². The predicted octanol–water partition coefficient (Wildman–Crippen LogP) is -1.23. The molecular weight excluding hydrogens is 364 g/mol. The number of aromatic hydroxyl groups is 1. The first-order chi connectivity index (χ1) is 12.8. The molecule has 1 aromatic rings. The molecule has 1 heterocycles. The van der Waals surface area contributed by atoms with Gasteiger partial charge in [0.15, 0.2) is 23.9 Å². The maximum Gasteiger partial charge on any atom is 0.331 e. The van der Waals surface area contributed by atoms with Gasteiger partial charge >= 0.3 is 5.97 Å². The van der Waals surface area contributed by atoms with Crippen molar-refractivity contribution in [1.29, 1.82) is 0 Å². The Balaban J connectivity index is 2.12. The zero-order valence-electron chi connectivity index (χ0n) is 14.7. The van der Waals surface area contributed by atoms with Crippen LogP contribution in [0.5, 0.6) is 17.2 Å². The van der Waals surface area contributed by atoms with Gasteiger partial charge in [-0.05, 0) is 23.8 Å². The molecule has 1 aliphatic heterocycles. The number of carbonyl (C=O) groups is 1. The second-order valence-electron chi connectivity index (χ2n) is 5.74. The molecule has 0 saturated carbocycles. The summed E-state index contributed by atoms with van der Waals surface area (Å²) in [7, 11) is 2.71. The number of phenols is 1. The summed E-state index contributed by atoms with van der Waals surface area (Å²) < 4.78 is 20.0. The Kier molecular flexibility index (Phi) is 6.99. The average molecular weight is 386 g/mol. The van der Waals surface area contributed by atoms with Crippen molar-refractivity contribution in [2.45, 2.75) is 30.7 Å². The van der Waals surface area contributed by atoms with Crippen molar-refractivity contribution in [3.63, 3.8) is 0 Å². The van der Waals surface area contributed by atoms with Gasteiger partial charge in [-0.3, -0.25) is 0 Å². The van der Waals surface area contributed by atoms with Crippen LogP contribution in [0.25, 0.3) is 6.08 Å². The van der Waals surface area contributed by atoms with E-state index in [0.717, 1.165) is 6.08 Å². The van der Waals surface area contributed by atoms with Crippen molar-refractivity contribution < 1.29 is 49.3 Å². The maximum atomic E-state index is 12.0. The third kappa shape index (κ3) is 4.67. The second kappa shape index (κ2) is 9.02. The van der Waals surface area contributed by atoms with Gasteiger partial charge in [0.2, 0.25) is 5.75 Å². The lowest BCUT2D eigenvalue weighted by atomic mass is 9.99. The molecule has 1 saturated heterocycles. The number of ether oxygens (including phenoxy) is 4. The van der Waals surface area contributed by atoms with Gasteiger partial charge in [-0.15, -0.1) is 0 Å². The first kappa shape index (κ1) is 20.9. The van der Waals surface area contributed by atoms with E-state index in [0.29, 0.717) is 5.56 Å². The van der Waals surface area contributed by atoms with Crippen molar-refractivity contribution in [3.05, 3.63) is 23.8 Å². The lowest BCUT2D eigenvalue weighted by Crippen LogP contribution is -2.59. The molecule has 0 aromatic heterocycles. The Morgan fingerprint density at radius 3 is 2.26 bits per heavy atom. The van der Waals surface area contributed by atoms with Crippen LogP contribution in [-0.4, -0.2) is 83.0 Å². The monoisotopic (exact) mass is 386 g/mol. The summed E-state index contributed by atoms with van der Waals surface area (Å²) in [5.74, 6) is -0.817. The van der Waals surface area contributed by atoms with Crippen LogP contribution in [-0.2, 0) is 14.3 Å². The molecule has 27 heavy (non-hydrogen) atoms. The number of aliphatic hydroxyl groups excluding tert-OH is 4. The standard InChI is InChI=1S/C17H22O10/c1-24-9-5-8(6-10(25-2)13(9)20)3-4-12(19)27-16-11(7-18)26-17(23)15(22)14(16)21/h3-6,11,14-18,20-23H,7H2,1-2H3/b4-3+/t11-,14-,15-,16-,17?/m1/s1. The Bertz CT molecular complexity index is 661. The summed E-state index contributed by atoms with van der Waals surface area (Å²) in [5.41, 5.74) is 0.452. The normalized spacial score (nSPS) is 28.1. The second-order valence-corrected chi connectivity index (χ2v) is 5.74. The molecule has 10 heteroatoms. The molecule has 1 aliphatic rings. The number of hydrogen-bond donors (Lipinski definition) is 5. The molecule has 1 aromatic carbocycles. The summed E-state index contributed by atoms with van der Waals surface area (Å²) in [6.45, 7) is -0.644. The maximum absolute atomic E-state index is 12.0. The Morgan fingerprint density at radius 2 is 1.74 bits per heavy atom. The third-order valence-electron chi connectivity index (χ3n) is 4.01. The van der Waals surface area contributed by atoms with Crippen LogP contribution in [0.15, 0.2) is 18.2 Å². The largest absolute Gasteiger partial charge is 0.502 e. The van der Waals surface area contributed by atoms with Crippen molar-refractivity contribution in [2.75, 3.05) is 20.8 Å². The van der Waals surface area contributed by atoms with Gasteiger partial charge in [-0.1, -0.05) is 0 Å². The molecule has 1 fully saturated rings. The Hall–Kier alpha value is -2.37. The average Bonchev–Trinajstić information content (AvgIpc) is 2.67.